The largest absolute Gasteiger partial charge is 0.393 e. The smallest absolute Gasteiger partial charge is 0.0800 e. The zero-order valence-corrected chi connectivity index (χ0v) is 12.3. The van der Waals surface area contributed by atoms with Crippen molar-refractivity contribution in [3.8, 4) is 0 Å². The fourth-order valence-electron chi connectivity index (χ4n) is 3.59. The van der Waals surface area contributed by atoms with Crippen LogP contribution < -0.4 is 0 Å². The first-order valence-corrected chi connectivity index (χ1v) is 7.76. The highest BCUT2D eigenvalue weighted by Crippen LogP contribution is 2.51. The number of fused-ring (bicyclic) bond motifs is 1. The van der Waals surface area contributed by atoms with Gasteiger partial charge in [0.05, 0.1) is 11.7 Å². The van der Waals surface area contributed by atoms with Crippen LogP contribution in [0.3, 0.4) is 0 Å². The lowest BCUT2D eigenvalue weighted by Gasteiger charge is -2.26. The van der Waals surface area contributed by atoms with E-state index in [2.05, 4.69) is 25.2 Å². The topological polar surface area (TPSA) is 40.5 Å². The molecule has 0 aromatic rings. The van der Waals surface area contributed by atoms with Crippen LogP contribution in [0.4, 0.5) is 0 Å². The fourth-order valence-corrected chi connectivity index (χ4v) is 3.59. The lowest BCUT2D eigenvalue weighted by Crippen LogP contribution is -2.23. The second-order valence-electron chi connectivity index (χ2n) is 6.69. The summed E-state index contributed by atoms with van der Waals surface area (Å²) in [5.74, 6) is 0.533. The normalized spacial score (nSPS) is 36.8. The molecule has 2 aliphatic carbocycles. The highest BCUT2D eigenvalue weighted by atomic mass is 16.3. The van der Waals surface area contributed by atoms with Crippen molar-refractivity contribution in [3.05, 3.63) is 24.3 Å². The second kappa shape index (κ2) is 5.80. The lowest BCUT2D eigenvalue weighted by molar-refractivity contribution is 0.0971. The number of aliphatic hydroxyl groups is 2. The van der Waals surface area contributed by atoms with Crippen molar-refractivity contribution >= 4 is 0 Å². The van der Waals surface area contributed by atoms with E-state index < -0.39 is 5.60 Å². The highest BCUT2D eigenvalue weighted by molar-refractivity contribution is 5.24. The van der Waals surface area contributed by atoms with E-state index in [1.807, 2.05) is 13.0 Å². The number of allylic oxidation sites excluding steroid dienone is 3. The summed E-state index contributed by atoms with van der Waals surface area (Å²) in [5, 5.41) is 20.3. The number of aliphatic hydroxyl groups excluding tert-OH is 1. The average molecular weight is 264 g/mol. The maximum Gasteiger partial charge on any atom is 0.0800 e. The molecule has 19 heavy (non-hydrogen) atoms. The van der Waals surface area contributed by atoms with Gasteiger partial charge in [0.25, 0.3) is 0 Å². The Morgan fingerprint density at radius 3 is 2.95 bits per heavy atom. The molecule has 4 atom stereocenters. The Morgan fingerprint density at radius 1 is 1.42 bits per heavy atom. The maximum absolute atomic E-state index is 10.4. The van der Waals surface area contributed by atoms with Gasteiger partial charge in [0, 0.05) is 5.41 Å². The summed E-state index contributed by atoms with van der Waals surface area (Å²) >= 11 is 0. The third-order valence-corrected chi connectivity index (χ3v) is 4.79. The quantitative estimate of drug-likeness (QED) is 0.568. The van der Waals surface area contributed by atoms with Crippen molar-refractivity contribution in [1.82, 2.24) is 0 Å². The van der Waals surface area contributed by atoms with Gasteiger partial charge in [0.1, 0.15) is 0 Å². The maximum atomic E-state index is 10.4. The molecule has 0 aromatic heterocycles. The van der Waals surface area contributed by atoms with Crippen LogP contribution in [-0.4, -0.2) is 21.9 Å². The van der Waals surface area contributed by atoms with Crippen LogP contribution in [0.1, 0.15) is 58.8 Å². The zero-order chi connectivity index (χ0) is 13.9. The van der Waals surface area contributed by atoms with Gasteiger partial charge in [-0.05, 0) is 38.5 Å². The summed E-state index contributed by atoms with van der Waals surface area (Å²) in [4.78, 5) is 0. The molecule has 2 nitrogen and oxygen atoms in total. The molecule has 2 N–H and O–H groups in total. The highest BCUT2D eigenvalue weighted by Gasteiger charge is 2.45. The van der Waals surface area contributed by atoms with E-state index in [4.69, 9.17) is 0 Å². The van der Waals surface area contributed by atoms with Gasteiger partial charge >= 0.3 is 0 Å². The van der Waals surface area contributed by atoms with Crippen LogP contribution >= 0.6 is 0 Å². The van der Waals surface area contributed by atoms with Crippen molar-refractivity contribution in [3.63, 3.8) is 0 Å². The van der Waals surface area contributed by atoms with Gasteiger partial charge in [-0.3, -0.25) is 0 Å². The number of hydrogen-bond donors (Lipinski definition) is 2. The molecule has 3 unspecified atom stereocenters. The van der Waals surface area contributed by atoms with Gasteiger partial charge < -0.3 is 10.2 Å². The van der Waals surface area contributed by atoms with E-state index in [-0.39, 0.29) is 11.5 Å². The predicted molar refractivity (Wildman–Crippen MR) is 78.8 cm³/mol. The molecule has 0 heterocycles. The Balaban J connectivity index is 1.99. The van der Waals surface area contributed by atoms with Gasteiger partial charge in [-0.2, -0.15) is 0 Å². The molecule has 2 rings (SSSR count). The van der Waals surface area contributed by atoms with E-state index in [9.17, 15) is 10.2 Å². The first-order chi connectivity index (χ1) is 8.97. The van der Waals surface area contributed by atoms with E-state index >= 15 is 0 Å². The van der Waals surface area contributed by atoms with Crippen LogP contribution in [0.15, 0.2) is 24.3 Å². The molecule has 1 saturated carbocycles. The molecule has 0 radical (unpaired) electrons. The monoisotopic (exact) mass is 264 g/mol. The SMILES string of the molecule is CCCCC[C@](C)(O)/C=C/C12C=CCC1CC(O)C2. The fraction of sp³-hybridized carbons (Fsp3) is 0.765. The third-order valence-electron chi connectivity index (χ3n) is 4.79. The van der Waals surface area contributed by atoms with E-state index in [1.54, 1.807) is 0 Å². The first-order valence-electron chi connectivity index (χ1n) is 7.76. The molecule has 108 valence electrons. The Kier molecular flexibility index (Phi) is 4.52. The van der Waals surface area contributed by atoms with E-state index in [0.717, 1.165) is 32.1 Å². The van der Waals surface area contributed by atoms with E-state index in [1.165, 1.54) is 12.8 Å². The predicted octanol–water partition coefficient (Wildman–Crippen LogP) is 3.59. The summed E-state index contributed by atoms with van der Waals surface area (Å²) in [7, 11) is 0. The molecular formula is C17H28O2. The summed E-state index contributed by atoms with van der Waals surface area (Å²) in [6.07, 6.45) is 15.5. The van der Waals surface area contributed by atoms with Gasteiger partial charge in [-0.1, -0.05) is 50.5 Å². The Bertz CT molecular complexity index is 356. The van der Waals surface area contributed by atoms with Crippen molar-refractivity contribution in [2.75, 3.05) is 0 Å². The van der Waals surface area contributed by atoms with Gasteiger partial charge in [-0.25, -0.2) is 0 Å². The first kappa shape index (κ1) is 14.8. The number of hydrogen-bond acceptors (Lipinski definition) is 2. The summed E-state index contributed by atoms with van der Waals surface area (Å²) in [6.45, 7) is 4.08. The lowest BCUT2D eigenvalue weighted by atomic mass is 9.79. The molecule has 2 aliphatic rings. The molecule has 2 heteroatoms. The molecule has 0 aromatic carbocycles. The molecule has 0 bridgehead atoms. The third kappa shape index (κ3) is 3.49. The minimum atomic E-state index is -0.710. The van der Waals surface area contributed by atoms with E-state index in [0.29, 0.717) is 5.92 Å². The van der Waals surface area contributed by atoms with Crippen molar-refractivity contribution in [1.29, 1.82) is 0 Å². The Morgan fingerprint density at radius 2 is 2.21 bits per heavy atom. The van der Waals surface area contributed by atoms with Crippen molar-refractivity contribution in [2.24, 2.45) is 11.3 Å². The zero-order valence-electron chi connectivity index (χ0n) is 12.3. The summed E-state index contributed by atoms with van der Waals surface area (Å²) in [5.41, 5.74) is -0.702. The second-order valence-corrected chi connectivity index (χ2v) is 6.69. The molecular weight excluding hydrogens is 236 g/mol. The molecule has 0 saturated heterocycles. The average Bonchev–Trinajstić information content (AvgIpc) is 2.83. The molecule has 0 aliphatic heterocycles. The van der Waals surface area contributed by atoms with Crippen LogP contribution in [-0.2, 0) is 0 Å². The van der Waals surface area contributed by atoms with Gasteiger partial charge in [0.2, 0.25) is 0 Å². The van der Waals surface area contributed by atoms with Crippen LogP contribution in [0.25, 0.3) is 0 Å². The van der Waals surface area contributed by atoms with Crippen molar-refractivity contribution in [2.45, 2.75) is 70.5 Å². The number of rotatable bonds is 6. The Labute approximate surface area is 117 Å². The minimum absolute atomic E-state index is 0.00810. The van der Waals surface area contributed by atoms with Crippen LogP contribution in [0.2, 0.25) is 0 Å². The molecule has 1 fully saturated rings. The number of unbranched alkanes of at least 4 members (excludes halogenated alkanes) is 2. The van der Waals surface area contributed by atoms with Crippen LogP contribution in [0, 0.1) is 11.3 Å². The standard InChI is InChI=1S/C17H28O2/c1-3-4-5-8-16(2,19)10-11-17-9-6-7-14(17)12-15(18)13-17/h6,9-11,14-15,18-19H,3-5,7-8,12-13H2,1-2H3/b11-10+/t14?,15?,16-,17?/m0/s1. The summed E-state index contributed by atoms with van der Waals surface area (Å²) < 4.78 is 0. The Hall–Kier alpha value is -0.600. The van der Waals surface area contributed by atoms with Crippen LogP contribution in [0.5, 0.6) is 0 Å². The van der Waals surface area contributed by atoms with Gasteiger partial charge in [0.15, 0.2) is 0 Å². The minimum Gasteiger partial charge on any atom is -0.393 e. The molecule has 0 spiro atoms. The van der Waals surface area contributed by atoms with Crippen molar-refractivity contribution < 1.29 is 10.2 Å². The summed E-state index contributed by atoms with van der Waals surface area (Å²) in [6, 6.07) is 0. The van der Waals surface area contributed by atoms with Gasteiger partial charge in [-0.15, -0.1) is 0 Å². The molecule has 0 amide bonds.